The molecule has 3 aliphatic rings. The molecule has 8 nitrogen and oxygen atoms in total. The van der Waals surface area contributed by atoms with Gasteiger partial charge in [-0.1, -0.05) is 38.2 Å². The van der Waals surface area contributed by atoms with E-state index in [1.165, 1.54) is 6.92 Å². The summed E-state index contributed by atoms with van der Waals surface area (Å²) in [5.74, 6) is 5.65. The highest BCUT2D eigenvalue weighted by Gasteiger charge is 2.43. The third-order valence-corrected chi connectivity index (χ3v) is 8.46. The Hall–Kier alpha value is -2.02. The van der Waals surface area contributed by atoms with Crippen LogP contribution in [0.4, 0.5) is 0 Å². The van der Waals surface area contributed by atoms with Crippen molar-refractivity contribution in [3.05, 3.63) is 24.3 Å². The van der Waals surface area contributed by atoms with Gasteiger partial charge in [-0.2, -0.15) is 0 Å². The van der Waals surface area contributed by atoms with E-state index in [0.717, 1.165) is 51.6 Å². The van der Waals surface area contributed by atoms with Gasteiger partial charge in [0, 0.05) is 50.7 Å². The van der Waals surface area contributed by atoms with Crippen molar-refractivity contribution >= 4 is 11.8 Å². The molecule has 0 aromatic heterocycles. The number of allylic oxidation sites excluding steroid dienone is 2. The number of nitrogens with one attached hydrogen (secondary N) is 1. The van der Waals surface area contributed by atoms with Crippen molar-refractivity contribution in [1.29, 1.82) is 0 Å². The molecule has 8 heteroatoms. The number of carbonyl (C=O) groups is 2. The topological polar surface area (TPSA) is 103 Å². The fraction of sp³-hybridized carbons (Fsp3) is 0.765. The van der Waals surface area contributed by atoms with Crippen molar-refractivity contribution in [2.75, 3.05) is 13.2 Å². The molecular formula is C34H53NO7. The molecule has 2 aliphatic heterocycles. The van der Waals surface area contributed by atoms with Crippen molar-refractivity contribution in [1.82, 2.24) is 5.32 Å². The Balaban J connectivity index is 1.72. The van der Waals surface area contributed by atoms with Crippen LogP contribution < -0.4 is 5.32 Å². The fourth-order valence-electron chi connectivity index (χ4n) is 5.97. The van der Waals surface area contributed by atoms with E-state index in [4.69, 9.17) is 18.9 Å². The van der Waals surface area contributed by atoms with Gasteiger partial charge in [-0.15, -0.1) is 11.8 Å². The summed E-state index contributed by atoms with van der Waals surface area (Å²) in [6.07, 6.45) is 16.9. The van der Waals surface area contributed by atoms with Gasteiger partial charge in [0.2, 0.25) is 11.8 Å². The van der Waals surface area contributed by atoms with Crippen LogP contribution in [0.2, 0.25) is 0 Å². The van der Waals surface area contributed by atoms with Crippen LogP contribution in [0.25, 0.3) is 0 Å². The average Bonchev–Trinajstić information content (AvgIpc) is 3.25. The van der Waals surface area contributed by atoms with Gasteiger partial charge in [-0.25, -0.2) is 0 Å². The molecule has 2 amide bonds. The van der Waals surface area contributed by atoms with Crippen LogP contribution in [-0.2, 0) is 28.5 Å². The first-order valence-electron chi connectivity index (χ1n) is 15.9. The second-order valence-corrected chi connectivity index (χ2v) is 12.5. The van der Waals surface area contributed by atoms with Crippen LogP contribution in [0, 0.1) is 29.1 Å². The zero-order valence-corrected chi connectivity index (χ0v) is 26.1. The number of imide groups is 1. The fourth-order valence-corrected chi connectivity index (χ4v) is 5.97. The quantitative estimate of drug-likeness (QED) is 0.155. The summed E-state index contributed by atoms with van der Waals surface area (Å²) in [6, 6.07) is 0. The second-order valence-electron chi connectivity index (χ2n) is 12.5. The predicted molar refractivity (Wildman–Crippen MR) is 162 cm³/mol. The molecule has 42 heavy (non-hydrogen) atoms. The van der Waals surface area contributed by atoms with E-state index in [-0.39, 0.29) is 53.9 Å². The Morgan fingerprint density at radius 3 is 2.45 bits per heavy atom. The highest BCUT2D eigenvalue weighted by molar-refractivity contribution is 5.93. The average molecular weight is 588 g/mol. The number of aliphatic hydroxyl groups excluding tert-OH is 1. The van der Waals surface area contributed by atoms with E-state index >= 15 is 0 Å². The van der Waals surface area contributed by atoms with E-state index in [1.807, 2.05) is 6.92 Å². The van der Waals surface area contributed by atoms with Gasteiger partial charge in [0.15, 0.2) is 12.6 Å². The van der Waals surface area contributed by atoms with Gasteiger partial charge >= 0.3 is 0 Å². The lowest BCUT2D eigenvalue weighted by Crippen LogP contribution is -2.36. The number of amides is 2. The number of unbranched alkanes of at least 4 members (excludes halogenated alkanes) is 1. The first-order valence-corrected chi connectivity index (χ1v) is 15.9. The molecule has 3 rings (SSSR count). The zero-order chi connectivity index (χ0) is 30.4. The third-order valence-electron chi connectivity index (χ3n) is 8.46. The molecule has 1 saturated carbocycles. The van der Waals surface area contributed by atoms with Crippen molar-refractivity contribution in [2.24, 2.45) is 17.3 Å². The third kappa shape index (κ3) is 11.6. The van der Waals surface area contributed by atoms with Crippen LogP contribution in [-0.4, -0.2) is 61.0 Å². The minimum atomic E-state index is -0.501. The molecule has 2 saturated heterocycles. The molecular weight excluding hydrogens is 534 g/mol. The zero-order valence-electron chi connectivity index (χ0n) is 26.1. The van der Waals surface area contributed by atoms with Crippen molar-refractivity contribution in [3.63, 3.8) is 0 Å². The molecule has 0 radical (unpaired) electrons. The Morgan fingerprint density at radius 1 is 1.10 bits per heavy atom. The first kappa shape index (κ1) is 34.5. The second kappa shape index (κ2) is 17.9. The van der Waals surface area contributed by atoms with Crippen LogP contribution in [0.5, 0.6) is 0 Å². The highest BCUT2D eigenvalue weighted by atomic mass is 16.7. The normalized spacial score (nSPS) is 29.4. The number of carbonyl (C=O) groups excluding carboxylic acids is 2. The minimum absolute atomic E-state index is 0.0112. The highest BCUT2D eigenvalue weighted by Crippen LogP contribution is 2.40. The summed E-state index contributed by atoms with van der Waals surface area (Å²) < 4.78 is 24.9. The molecule has 2 N–H and O–H groups in total. The lowest BCUT2D eigenvalue weighted by Gasteiger charge is -2.35. The summed E-state index contributed by atoms with van der Waals surface area (Å²) in [6.45, 7) is 8.99. The number of rotatable bonds is 14. The first-order chi connectivity index (χ1) is 20.2. The molecule has 2 heterocycles. The molecule has 236 valence electrons. The SMILES string of the molecule is CC#CCC(C)(C)[C@@H](C=C[C@@H]1[C@@H](CC=CCCCC(=O)NC(C)=O)[C@@H](O)C[C@H]1OC1CCCCO1)OC1CCCCO1. The van der Waals surface area contributed by atoms with Gasteiger partial charge in [0.1, 0.15) is 0 Å². The van der Waals surface area contributed by atoms with E-state index in [0.29, 0.717) is 38.7 Å². The maximum Gasteiger partial charge on any atom is 0.226 e. The monoisotopic (exact) mass is 587 g/mol. The molecule has 1 aliphatic carbocycles. The molecule has 0 bridgehead atoms. The lowest BCUT2D eigenvalue weighted by molar-refractivity contribution is -0.197. The van der Waals surface area contributed by atoms with Crippen molar-refractivity contribution in [3.8, 4) is 11.8 Å². The summed E-state index contributed by atoms with van der Waals surface area (Å²) in [7, 11) is 0. The molecule has 2 unspecified atom stereocenters. The number of ether oxygens (including phenoxy) is 4. The summed E-state index contributed by atoms with van der Waals surface area (Å²) in [5.41, 5.74) is -0.232. The van der Waals surface area contributed by atoms with E-state index in [2.05, 4.69) is 55.3 Å². The molecule has 0 spiro atoms. The number of aliphatic hydroxyl groups is 1. The van der Waals surface area contributed by atoms with Gasteiger partial charge in [0.05, 0.1) is 18.3 Å². The van der Waals surface area contributed by atoms with Crippen molar-refractivity contribution < 1.29 is 33.6 Å². The van der Waals surface area contributed by atoms with Crippen LogP contribution in [0.3, 0.4) is 0 Å². The largest absolute Gasteiger partial charge is 0.393 e. The Labute approximate surface area is 253 Å². The molecule has 7 atom stereocenters. The number of hydrogen-bond acceptors (Lipinski definition) is 7. The van der Waals surface area contributed by atoms with Gasteiger partial charge in [0.25, 0.3) is 0 Å². The summed E-state index contributed by atoms with van der Waals surface area (Å²) in [4.78, 5) is 22.7. The Bertz CT molecular complexity index is 953. The van der Waals surface area contributed by atoms with E-state index in [9.17, 15) is 14.7 Å². The van der Waals surface area contributed by atoms with Crippen LogP contribution in [0.1, 0.15) is 105 Å². The maximum absolute atomic E-state index is 11.7. The van der Waals surface area contributed by atoms with Crippen LogP contribution >= 0.6 is 0 Å². The molecule has 0 aromatic carbocycles. The number of hydrogen-bond donors (Lipinski definition) is 2. The van der Waals surface area contributed by atoms with Gasteiger partial charge < -0.3 is 24.1 Å². The minimum Gasteiger partial charge on any atom is -0.393 e. The summed E-state index contributed by atoms with van der Waals surface area (Å²) >= 11 is 0. The Morgan fingerprint density at radius 2 is 1.81 bits per heavy atom. The maximum atomic E-state index is 11.7. The van der Waals surface area contributed by atoms with Crippen molar-refractivity contribution in [2.45, 2.75) is 136 Å². The van der Waals surface area contributed by atoms with E-state index in [1.54, 1.807) is 0 Å². The standard InChI is InChI=1S/C34H53NO7/c1-5-6-21-34(3,4)30(42-33-18-12-14-23-40-33)20-19-27-26(15-9-7-8-10-16-31(38)35-25(2)36)28(37)24-29(27)41-32-17-11-13-22-39-32/h7,9,19-20,26-30,32-33,37H,8,10-18,21-24H2,1-4H3,(H,35,36,38)/t26-,27-,28+,29-,30-,32?,33?/m1/s1. The Kier molecular flexibility index (Phi) is 14.7. The summed E-state index contributed by atoms with van der Waals surface area (Å²) in [5, 5.41) is 13.5. The van der Waals surface area contributed by atoms with Crippen LogP contribution in [0.15, 0.2) is 24.3 Å². The molecule has 3 fully saturated rings. The van der Waals surface area contributed by atoms with Gasteiger partial charge in [-0.05, 0) is 70.6 Å². The van der Waals surface area contributed by atoms with Gasteiger partial charge in [-0.3, -0.25) is 14.9 Å². The smallest absolute Gasteiger partial charge is 0.226 e. The van der Waals surface area contributed by atoms with E-state index < -0.39 is 6.10 Å². The lowest BCUT2D eigenvalue weighted by atomic mass is 9.81. The molecule has 0 aromatic rings. The predicted octanol–water partition coefficient (Wildman–Crippen LogP) is 5.58.